The highest BCUT2D eigenvalue weighted by molar-refractivity contribution is 5.79. The second-order valence-electron chi connectivity index (χ2n) is 28.6. The van der Waals surface area contributed by atoms with E-state index in [9.17, 15) is 76.6 Å². The number of hydrogen-bond acceptors (Lipinski definition) is 26. The summed E-state index contributed by atoms with van der Waals surface area (Å²) < 4.78 is 59.2. The summed E-state index contributed by atoms with van der Waals surface area (Å²) in [4.78, 5) is 15.1. The molecule has 85 heavy (non-hydrogen) atoms. The lowest BCUT2D eigenvalue weighted by atomic mass is 9.33. The Morgan fingerprint density at radius 2 is 1.08 bits per heavy atom. The smallest absolute Gasteiger partial charge is 0.315 e. The summed E-state index contributed by atoms with van der Waals surface area (Å²) in [6.45, 7) is 14.9. The van der Waals surface area contributed by atoms with Gasteiger partial charge in [-0.25, -0.2) is 0 Å². The molecule has 0 radical (unpaired) electrons. The highest BCUT2D eigenvalue weighted by Gasteiger charge is 2.70. The molecule has 5 heterocycles. The number of rotatable bonds is 13. The SMILES string of the molecule is CC1OC(OC2CCC3(C)C(CCC4(C)C3CC=C3C5CC(C)(C)CCC5(C(=O)OC5OC(CO)C(OC6OCC(O)C(O)C6O)C(O)C5O)CCC34C)C2(C)C)C(O)C(O)C1OC1OC(CO)C(O)C(OC2OC(CO)C(O)C(O)C2O)C1O. The molecule has 10 aliphatic rings. The predicted octanol–water partition coefficient (Wildman–Crippen LogP) is -2.54. The Labute approximate surface area is 494 Å². The van der Waals surface area contributed by atoms with Gasteiger partial charge in [0, 0.05) is 0 Å². The molecule has 0 spiro atoms. The summed E-state index contributed by atoms with van der Waals surface area (Å²) in [6, 6.07) is 0. The summed E-state index contributed by atoms with van der Waals surface area (Å²) in [5.74, 6) is -0.419. The molecule has 26 heteroatoms. The van der Waals surface area contributed by atoms with Crippen molar-refractivity contribution < 1.29 is 129 Å². The van der Waals surface area contributed by atoms with Gasteiger partial charge in [0.2, 0.25) is 6.29 Å². The molecule has 9 fully saturated rings. The van der Waals surface area contributed by atoms with E-state index in [0.29, 0.717) is 32.1 Å². The molecule has 0 aromatic carbocycles. The monoisotopic (exact) mass is 1220 g/mol. The molecule has 0 aromatic heterocycles. The van der Waals surface area contributed by atoms with Crippen LogP contribution in [0.1, 0.15) is 120 Å². The number of hydrogen-bond donors (Lipinski definition) is 15. The van der Waals surface area contributed by atoms with Gasteiger partial charge in [0.1, 0.15) is 110 Å². The van der Waals surface area contributed by atoms with E-state index in [-0.39, 0.29) is 46.0 Å². The van der Waals surface area contributed by atoms with Gasteiger partial charge in [0.05, 0.1) is 44.1 Å². The molecule has 4 saturated carbocycles. The van der Waals surface area contributed by atoms with Crippen LogP contribution in [0.15, 0.2) is 11.6 Å². The first-order valence-corrected chi connectivity index (χ1v) is 30.6. The fraction of sp³-hybridized carbons (Fsp3) is 0.949. The summed E-state index contributed by atoms with van der Waals surface area (Å²) >= 11 is 0. The van der Waals surface area contributed by atoms with Crippen LogP contribution in [-0.4, -0.2) is 263 Å². The van der Waals surface area contributed by atoms with E-state index in [1.54, 1.807) is 6.92 Å². The quantitative estimate of drug-likeness (QED) is 0.0513. The van der Waals surface area contributed by atoms with Gasteiger partial charge in [0.15, 0.2) is 25.2 Å². The number of fused-ring (bicyclic) bond motifs is 7. The molecule has 5 aliphatic heterocycles. The van der Waals surface area contributed by atoms with Crippen LogP contribution in [0.4, 0.5) is 0 Å². The Morgan fingerprint density at radius 1 is 0.529 bits per heavy atom. The van der Waals surface area contributed by atoms with E-state index in [0.717, 1.165) is 32.1 Å². The summed E-state index contributed by atoms with van der Waals surface area (Å²) in [7, 11) is 0. The Hall–Kier alpha value is -1.75. The topological polar surface area (TPSA) is 413 Å². The molecule has 32 atom stereocenters. The second kappa shape index (κ2) is 24.4. The van der Waals surface area contributed by atoms with E-state index < -0.39 is 190 Å². The van der Waals surface area contributed by atoms with Crippen LogP contribution in [0.3, 0.4) is 0 Å². The van der Waals surface area contributed by atoms with Crippen LogP contribution in [0, 0.1) is 50.2 Å². The van der Waals surface area contributed by atoms with Crippen LogP contribution in [-0.2, 0) is 52.2 Å². The maximum absolute atomic E-state index is 15.1. The lowest BCUT2D eigenvalue weighted by Gasteiger charge is -2.71. The Morgan fingerprint density at radius 3 is 1.75 bits per heavy atom. The van der Waals surface area contributed by atoms with Gasteiger partial charge in [-0.3, -0.25) is 4.79 Å². The van der Waals surface area contributed by atoms with Crippen LogP contribution >= 0.6 is 0 Å². The van der Waals surface area contributed by atoms with Crippen LogP contribution in [0.5, 0.6) is 0 Å². The maximum atomic E-state index is 15.1. The Balaban J connectivity index is 0.809. The van der Waals surface area contributed by atoms with E-state index in [2.05, 4.69) is 54.5 Å². The summed E-state index contributed by atoms with van der Waals surface area (Å²) in [6.07, 6.45) is -29.5. The van der Waals surface area contributed by atoms with Gasteiger partial charge >= 0.3 is 5.97 Å². The lowest BCUT2D eigenvalue weighted by Crippen LogP contribution is -2.67. The number of esters is 1. The average Bonchev–Trinajstić information content (AvgIpc) is 0.709. The molecular weight excluding hydrogens is 1120 g/mol. The van der Waals surface area contributed by atoms with E-state index in [4.69, 9.17) is 47.4 Å². The third kappa shape index (κ3) is 11.1. The number of carbonyl (C=O) groups excluding carboxylic acids is 1. The van der Waals surface area contributed by atoms with Crippen molar-refractivity contribution in [2.75, 3.05) is 26.4 Å². The molecule has 0 aromatic rings. The van der Waals surface area contributed by atoms with Crippen molar-refractivity contribution in [2.24, 2.45) is 50.2 Å². The molecule has 15 N–H and O–H groups in total. The van der Waals surface area contributed by atoms with Gasteiger partial charge < -0.3 is 124 Å². The molecular formula is C59H96O26. The zero-order valence-electron chi connectivity index (χ0n) is 49.8. The summed E-state index contributed by atoms with van der Waals surface area (Å²) in [5, 5.41) is 161. The fourth-order valence-electron chi connectivity index (χ4n) is 17.7. The normalized spacial score (nSPS) is 54.1. The number of carbonyl (C=O) groups is 1. The molecule has 488 valence electrons. The predicted molar refractivity (Wildman–Crippen MR) is 288 cm³/mol. The van der Waals surface area contributed by atoms with Crippen molar-refractivity contribution in [3.05, 3.63) is 11.6 Å². The van der Waals surface area contributed by atoms with Crippen molar-refractivity contribution in [3.63, 3.8) is 0 Å². The lowest BCUT2D eigenvalue weighted by molar-refractivity contribution is -0.382. The highest BCUT2D eigenvalue weighted by Crippen LogP contribution is 2.76. The van der Waals surface area contributed by atoms with Gasteiger partial charge in [-0.15, -0.1) is 0 Å². The molecule has 32 unspecified atom stereocenters. The van der Waals surface area contributed by atoms with Gasteiger partial charge in [0.25, 0.3) is 0 Å². The van der Waals surface area contributed by atoms with E-state index in [1.807, 2.05) is 0 Å². The van der Waals surface area contributed by atoms with Crippen molar-refractivity contribution >= 4 is 5.97 Å². The molecule has 26 nitrogen and oxygen atoms in total. The van der Waals surface area contributed by atoms with Crippen molar-refractivity contribution in [1.82, 2.24) is 0 Å². The fourth-order valence-corrected chi connectivity index (χ4v) is 17.7. The van der Waals surface area contributed by atoms with Crippen LogP contribution < -0.4 is 0 Å². The van der Waals surface area contributed by atoms with Gasteiger partial charge in [-0.05, 0) is 116 Å². The molecule has 0 bridgehead atoms. The number of aliphatic hydroxyl groups excluding tert-OH is 15. The Bertz CT molecular complexity index is 2360. The number of aliphatic hydroxyl groups is 15. The highest BCUT2D eigenvalue weighted by atomic mass is 16.8. The van der Waals surface area contributed by atoms with E-state index >= 15 is 4.79 Å². The minimum Gasteiger partial charge on any atom is -0.432 e. The number of allylic oxidation sites excluding steroid dienone is 2. The number of ether oxygens (including phenoxy) is 10. The molecule has 5 aliphatic carbocycles. The molecule has 0 amide bonds. The third-order valence-electron chi connectivity index (χ3n) is 23.1. The first kappa shape index (κ1) is 66.2. The minimum absolute atomic E-state index is 0.129. The average molecular weight is 1220 g/mol. The zero-order valence-corrected chi connectivity index (χ0v) is 49.8. The maximum Gasteiger partial charge on any atom is 0.315 e. The van der Waals surface area contributed by atoms with Crippen LogP contribution in [0.25, 0.3) is 0 Å². The zero-order chi connectivity index (χ0) is 62.0. The van der Waals surface area contributed by atoms with Crippen LogP contribution in [0.2, 0.25) is 0 Å². The standard InChI is InChI=1S/C59H96O26/c1-24-45(82-52-44(74)47(36(66)29(21-61)79-52)84-50-41(71)37(67)35(65)28(20-60)78-50)38(68)42(72)49(77-24)81-33-12-13-56(6)31(55(33,4)5)11-14-58(8)32(56)10-9-25-26-19-54(2,3)15-17-59(26,18-16-57(25,58)7)53(75)85-51-43(73)39(69)46(30(22-62)80-51)83-48-40(70)34(64)27(63)23-76-48/h9,24,26-52,60-74H,10-23H2,1-8H3. The second-order valence-corrected chi connectivity index (χ2v) is 28.6. The molecule has 5 saturated heterocycles. The third-order valence-corrected chi connectivity index (χ3v) is 23.1. The first-order valence-electron chi connectivity index (χ1n) is 30.6. The summed E-state index contributed by atoms with van der Waals surface area (Å²) in [5.41, 5.74) is -1.09. The van der Waals surface area contributed by atoms with E-state index in [1.165, 1.54) is 5.57 Å². The first-order chi connectivity index (χ1) is 39.8. The van der Waals surface area contributed by atoms with Gasteiger partial charge in [-0.1, -0.05) is 60.1 Å². The van der Waals surface area contributed by atoms with Gasteiger partial charge in [-0.2, -0.15) is 0 Å². The minimum atomic E-state index is -1.89. The Kier molecular flexibility index (Phi) is 19.0. The molecule has 10 rings (SSSR count). The van der Waals surface area contributed by atoms with Crippen molar-refractivity contribution in [2.45, 2.75) is 273 Å². The largest absolute Gasteiger partial charge is 0.432 e. The van der Waals surface area contributed by atoms with Crippen molar-refractivity contribution in [1.29, 1.82) is 0 Å². The van der Waals surface area contributed by atoms with Crippen molar-refractivity contribution in [3.8, 4) is 0 Å².